The number of hydrogen-bond acceptors (Lipinski definition) is 0. The number of rotatable bonds is 22. The molecule has 0 saturated heterocycles. The first kappa shape index (κ1) is 26.4. The molecule has 0 amide bonds. The van der Waals surface area contributed by atoms with Crippen molar-refractivity contribution >= 4 is 0 Å². The van der Waals surface area contributed by atoms with E-state index in [2.05, 4.69) is 27.3 Å². The van der Waals surface area contributed by atoms with E-state index in [0.29, 0.717) is 0 Å². The average Bonchev–Trinajstić information content (AvgIpc) is 2.63. The Morgan fingerprint density at radius 2 is 0.815 bits per heavy atom. The molecule has 0 N–H and O–H groups in total. The Hall–Kier alpha value is -0.560. The lowest BCUT2D eigenvalue weighted by molar-refractivity contribution is -0.884. The standard InChI is InChI=1S/C26H52N/c1-5-7-8-9-10-11-12-13-14-15-16-17-18-19-20-21-22-23-24-26-27(3,4)25-6-2/h5-6H,1-2,7-26H2,3-4H3/q+1. The number of unbranched alkanes of at least 4 members (excludes halogenated alkanes) is 17. The molecule has 0 fully saturated rings. The van der Waals surface area contributed by atoms with Crippen molar-refractivity contribution in [3.8, 4) is 0 Å². The van der Waals surface area contributed by atoms with Crippen LogP contribution in [0, 0.1) is 0 Å². The van der Waals surface area contributed by atoms with Crippen LogP contribution in [0.5, 0.6) is 0 Å². The molecule has 160 valence electrons. The van der Waals surface area contributed by atoms with Gasteiger partial charge in [-0.25, -0.2) is 0 Å². The largest absolute Gasteiger partial charge is 0.325 e. The highest BCUT2D eigenvalue weighted by Gasteiger charge is 2.11. The van der Waals surface area contributed by atoms with Crippen LogP contribution in [0.4, 0.5) is 0 Å². The van der Waals surface area contributed by atoms with Crippen LogP contribution in [0.2, 0.25) is 0 Å². The Morgan fingerprint density at radius 3 is 1.15 bits per heavy atom. The van der Waals surface area contributed by atoms with Gasteiger partial charge >= 0.3 is 0 Å². The summed E-state index contributed by atoms with van der Waals surface area (Å²) in [4.78, 5) is 0. The van der Waals surface area contributed by atoms with E-state index in [-0.39, 0.29) is 0 Å². The molecule has 1 heteroatoms. The van der Waals surface area contributed by atoms with E-state index in [1.807, 2.05) is 12.2 Å². The predicted octanol–water partition coefficient (Wildman–Crippen LogP) is 8.46. The first-order chi connectivity index (χ1) is 13.1. The Labute approximate surface area is 172 Å². The van der Waals surface area contributed by atoms with E-state index in [4.69, 9.17) is 0 Å². The van der Waals surface area contributed by atoms with Gasteiger partial charge in [0.2, 0.25) is 0 Å². The molecule has 27 heavy (non-hydrogen) atoms. The monoisotopic (exact) mass is 378 g/mol. The van der Waals surface area contributed by atoms with Crippen LogP contribution in [0.3, 0.4) is 0 Å². The zero-order chi connectivity index (χ0) is 20.1. The second-order valence-electron chi connectivity index (χ2n) is 9.22. The summed E-state index contributed by atoms with van der Waals surface area (Å²) in [6, 6.07) is 0. The van der Waals surface area contributed by atoms with Gasteiger partial charge < -0.3 is 4.48 Å². The molecule has 0 aliphatic rings. The van der Waals surface area contributed by atoms with Crippen molar-refractivity contribution in [2.75, 3.05) is 27.2 Å². The minimum atomic E-state index is 1.09. The summed E-state index contributed by atoms with van der Waals surface area (Å²) < 4.78 is 1.10. The summed E-state index contributed by atoms with van der Waals surface area (Å²) in [5.41, 5.74) is 0. The fourth-order valence-corrected chi connectivity index (χ4v) is 3.92. The molecule has 0 aliphatic heterocycles. The van der Waals surface area contributed by atoms with Crippen molar-refractivity contribution < 1.29 is 4.48 Å². The fraction of sp³-hybridized carbons (Fsp3) is 0.846. The van der Waals surface area contributed by atoms with Crippen molar-refractivity contribution in [3.63, 3.8) is 0 Å². The zero-order valence-corrected chi connectivity index (χ0v) is 19.2. The maximum absolute atomic E-state index is 3.86. The number of allylic oxidation sites excluding steroid dienone is 1. The molecule has 0 aromatic heterocycles. The maximum Gasteiger partial charge on any atom is 0.0966 e. The molecule has 0 bridgehead atoms. The lowest BCUT2D eigenvalue weighted by Crippen LogP contribution is -2.40. The fourth-order valence-electron chi connectivity index (χ4n) is 3.92. The molecule has 0 rings (SSSR count). The van der Waals surface area contributed by atoms with Gasteiger partial charge in [0.05, 0.1) is 27.2 Å². The van der Waals surface area contributed by atoms with Gasteiger partial charge in [0, 0.05) is 0 Å². The van der Waals surface area contributed by atoms with E-state index in [0.717, 1.165) is 11.0 Å². The minimum Gasteiger partial charge on any atom is -0.325 e. The predicted molar refractivity (Wildman–Crippen MR) is 125 cm³/mol. The molecule has 0 aromatic rings. The number of quaternary nitrogens is 1. The van der Waals surface area contributed by atoms with Gasteiger partial charge in [0.15, 0.2) is 0 Å². The smallest absolute Gasteiger partial charge is 0.0966 e. The lowest BCUT2D eigenvalue weighted by atomic mass is 10.0. The third kappa shape index (κ3) is 21.6. The van der Waals surface area contributed by atoms with Gasteiger partial charge in [0.1, 0.15) is 0 Å². The highest BCUT2D eigenvalue weighted by molar-refractivity contribution is 4.65. The second-order valence-corrected chi connectivity index (χ2v) is 9.22. The summed E-state index contributed by atoms with van der Waals surface area (Å²) in [7, 11) is 4.63. The lowest BCUT2D eigenvalue weighted by Gasteiger charge is -2.28. The van der Waals surface area contributed by atoms with E-state index >= 15 is 0 Å². The van der Waals surface area contributed by atoms with Gasteiger partial charge in [-0.1, -0.05) is 103 Å². The Kier molecular flexibility index (Phi) is 19.8. The SMILES string of the molecule is C=CCCCCCCCCCCCCCCCCCCC[N+](C)(C)CC=C. The van der Waals surface area contributed by atoms with Crippen LogP contribution in [0.15, 0.2) is 25.3 Å². The minimum absolute atomic E-state index is 1.09. The Balaban J connectivity index is 3.11. The average molecular weight is 379 g/mol. The molecule has 1 nitrogen and oxygen atoms in total. The van der Waals surface area contributed by atoms with Crippen molar-refractivity contribution in [3.05, 3.63) is 25.3 Å². The number of hydrogen-bond donors (Lipinski definition) is 0. The van der Waals surface area contributed by atoms with E-state index in [9.17, 15) is 0 Å². The van der Waals surface area contributed by atoms with Crippen molar-refractivity contribution in [1.82, 2.24) is 0 Å². The van der Waals surface area contributed by atoms with Crippen LogP contribution < -0.4 is 0 Å². The topological polar surface area (TPSA) is 0 Å². The van der Waals surface area contributed by atoms with Crippen LogP contribution in [-0.4, -0.2) is 31.7 Å². The third-order valence-corrected chi connectivity index (χ3v) is 5.80. The van der Waals surface area contributed by atoms with Gasteiger partial charge in [0.25, 0.3) is 0 Å². The molecule has 0 aromatic carbocycles. The van der Waals surface area contributed by atoms with Crippen LogP contribution in [0.1, 0.15) is 116 Å². The van der Waals surface area contributed by atoms with E-state index < -0.39 is 0 Å². The summed E-state index contributed by atoms with van der Waals surface area (Å²) in [5, 5.41) is 0. The van der Waals surface area contributed by atoms with Crippen LogP contribution >= 0.6 is 0 Å². The summed E-state index contributed by atoms with van der Waals surface area (Å²) >= 11 is 0. The number of likely N-dealkylation sites (N-methyl/N-ethyl adjacent to an activating group) is 1. The molecule has 0 heterocycles. The van der Waals surface area contributed by atoms with Crippen LogP contribution in [0.25, 0.3) is 0 Å². The first-order valence-electron chi connectivity index (χ1n) is 12.2. The highest BCUT2D eigenvalue weighted by Crippen LogP contribution is 2.14. The summed E-state index contributed by atoms with van der Waals surface area (Å²) in [6.45, 7) is 10.0. The molecule has 0 radical (unpaired) electrons. The molecular weight excluding hydrogens is 326 g/mol. The molecule has 0 saturated carbocycles. The van der Waals surface area contributed by atoms with E-state index in [1.165, 1.54) is 122 Å². The second kappa shape index (κ2) is 20.2. The number of nitrogens with zero attached hydrogens (tertiary/aromatic N) is 1. The van der Waals surface area contributed by atoms with Crippen LogP contribution in [-0.2, 0) is 0 Å². The summed E-state index contributed by atoms with van der Waals surface area (Å²) in [6.07, 6.45) is 29.7. The van der Waals surface area contributed by atoms with E-state index in [1.54, 1.807) is 0 Å². The maximum atomic E-state index is 3.86. The van der Waals surface area contributed by atoms with Crippen molar-refractivity contribution in [2.45, 2.75) is 116 Å². The van der Waals surface area contributed by atoms with Gasteiger partial charge in [-0.3, -0.25) is 0 Å². The van der Waals surface area contributed by atoms with Gasteiger partial charge in [-0.2, -0.15) is 0 Å². The Morgan fingerprint density at radius 1 is 0.481 bits per heavy atom. The Bertz CT molecular complexity index is 318. The molecule has 0 atom stereocenters. The quantitative estimate of drug-likeness (QED) is 0.101. The van der Waals surface area contributed by atoms with Crippen molar-refractivity contribution in [1.29, 1.82) is 0 Å². The zero-order valence-electron chi connectivity index (χ0n) is 19.2. The van der Waals surface area contributed by atoms with Gasteiger partial charge in [-0.15, -0.1) is 6.58 Å². The first-order valence-corrected chi connectivity index (χ1v) is 12.2. The molecule has 0 unspecified atom stereocenters. The van der Waals surface area contributed by atoms with Gasteiger partial charge in [-0.05, 0) is 31.8 Å². The normalized spacial score (nSPS) is 11.6. The third-order valence-electron chi connectivity index (χ3n) is 5.80. The summed E-state index contributed by atoms with van der Waals surface area (Å²) in [5.74, 6) is 0. The van der Waals surface area contributed by atoms with Crippen molar-refractivity contribution in [2.24, 2.45) is 0 Å². The molecule has 0 spiro atoms. The highest BCUT2D eigenvalue weighted by atomic mass is 15.3. The molecule has 0 aliphatic carbocycles. The molecular formula is C26H52N+.